The minimum Gasteiger partial charge on any atom is -0.447 e. The number of ether oxygens (including phenoxy) is 1. The first-order chi connectivity index (χ1) is 13.0. The molecule has 0 atom stereocenters. The fourth-order valence-corrected chi connectivity index (χ4v) is 2.95. The van der Waals surface area contributed by atoms with Gasteiger partial charge in [-0.3, -0.25) is 9.69 Å². The van der Waals surface area contributed by atoms with E-state index in [4.69, 9.17) is 4.74 Å². The Labute approximate surface area is 156 Å². The van der Waals surface area contributed by atoms with E-state index in [0.717, 1.165) is 16.9 Å². The van der Waals surface area contributed by atoms with Gasteiger partial charge in [0.25, 0.3) is 5.91 Å². The molecule has 1 N–H and O–H groups in total. The third-order valence-corrected chi connectivity index (χ3v) is 4.51. The molecule has 7 nitrogen and oxygen atoms in total. The molecule has 4 rings (SSSR count). The van der Waals surface area contributed by atoms with Crippen LogP contribution in [0.2, 0.25) is 0 Å². The average molecular weight is 362 g/mol. The van der Waals surface area contributed by atoms with Crippen LogP contribution in [0.5, 0.6) is 0 Å². The SMILES string of the molecule is Cc1nc2ccc(C(=O)Nc3cccc(N4CCOC4=O)c3)cc2nc1C. The van der Waals surface area contributed by atoms with Gasteiger partial charge in [-0.2, -0.15) is 0 Å². The Balaban J connectivity index is 1.58. The molecule has 1 fully saturated rings. The molecular formula is C20H18N4O3. The minimum absolute atomic E-state index is 0.252. The van der Waals surface area contributed by atoms with Gasteiger partial charge in [0.1, 0.15) is 6.61 Å². The summed E-state index contributed by atoms with van der Waals surface area (Å²) in [5, 5.41) is 2.86. The molecule has 136 valence electrons. The number of nitrogens with one attached hydrogen (secondary N) is 1. The number of hydrogen-bond acceptors (Lipinski definition) is 5. The molecule has 7 heteroatoms. The summed E-state index contributed by atoms with van der Waals surface area (Å²) in [6.45, 7) is 4.67. The first-order valence-corrected chi connectivity index (χ1v) is 8.62. The maximum atomic E-state index is 12.6. The molecule has 2 aromatic carbocycles. The fraction of sp³-hybridized carbons (Fsp3) is 0.200. The standard InChI is InChI=1S/C20H18N4O3/c1-12-13(2)22-18-10-14(6-7-17(18)21-12)19(25)23-15-4-3-5-16(11-15)24-8-9-27-20(24)26/h3-7,10-11H,8-9H2,1-2H3,(H,23,25). The molecule has 1 aliphatic rings. The maximum Gasteiger partial charge on any atom is 0.414 e. The zero-order chi connectivity index (χ0) is 19.0. The Morgan fingerprint density at radius 3 is 2.59 bits per heavy atom. The summed E-state index contributed by atoms with van der Waals surface area (Å²) in [7, 11) is 0. The first kappa shape index (κ1) is 17.0. The molecule has 2 heterocycles. The average Bonchev–Trinajstić information content (AvgIpc) is 3.08. The summed E-state index contributed by atoms with van der Waals surface area (Å²) in [6.07, 6.45) is -0.378. The number of aryl methyl sites for hydroxylation is 2. The van der Waals surface area contributed by atoms with Gasteiger partial charge in [-0.25, -0.2) is 14.8 Å². The molecule has 3 aromatic rings. The van der Waals surface area contributed by atoms with E-state index in [9.17, 15) is 9.59 Å². The lowest BCUT2D eigenvalue weighted by Gasteiger charge is -2.14. The van der Waals surface area contributed by atoms with Crippen molar-refractivity contribution in [3.05, 3.63) is 59.4 Å². The molecule has 27 heavy (non-hydrogen) atoms. The molecule has 1 aliphatic heterocycles. The van der Waals surface area contributed by atoms with Crippen molar-refractivity contribution < 1.29 is 14.3 Å². The number of benzene rings is 2. The van der Waals surface area contributed by atoms with E-state index in [1.54, 1.807) is 42.5 Å². The van der Waals surface area contributed by atoms with E-state index >= 15 is 0 Å². The number of rotatable bonds is 3. The number of aromatic nitrogens is 2. The van der Waals surface area contributed by atoms with Crippen LogP contribution < -0.4 is 10.2 Å². The van der Waals surface area contributed by atoms with Gasteiger partial charge >= 0.3 is 6.09 Å². The molecule has 0 saturated carbocycles. The normalized spacial score (nSPS) is 13.7. The zero-order valence-corrected chi connectivity index (χ0v) is 15.0. The number of nitrogens with zero attached hydrogens (tertiary/aromatic N) is 3. The monoisotopic (exact) mass is 362 g/mol. The third-order valence-electron chi connectivity index (χ3n) is 4.51. The van der Waals surface area contributed by atoms with Gasteiger partial charge < -0.3 is 10.1 Å². The van der Waals surface area contributed by atoms with Crippen molar-refractivity contribution in [3.8, 4) is 0 Å². The van der Waals surface area contributed by atoms with Crippen LogP contribution in [0.1, 0.15) is 21.7 Å². The van der Waals surface area contributed by atoms with Crippen LogP contribution >= 0.6 is 0 Å². The van der Waals surface area contributed by atoms with Crippen molar-refractivity contribution in [1.29, 1.82) is 0 Å². The second-order valence-corrected chi connectivity index (χ2v) is 6.37. The van der Waals surface area contributed by atoms with E-state index in [2.05, 4.69) is 15.3 Å². The molecule has 1 saturated heterocycles. The highest BCUT2D eigenvalue weighted by Gasteiger charge is 2.23. The van der Waals surface area contributed by atoms with Crippen LogP contribution in [-0.4, -0.2) is 35.1 Å². The van der Waals surface area contributed by atoms with Crippen molar-refractivity contribution in [2.24, 2.45) is 0 Å². The summed E-state index contributed by atoms with van der Waals surface area (Å²) < 4.78 is 4.96. The lowest BCUT2D eigenvalue weighted by atomic mass is 10.1. The van der Waals surface area contributed by atoms with Crippen LogP contribution in [0, 0.1) is 13.8 Å². The van der Waals surface area contributed by atoms with Gasteiger partial charge in [-0.15, -0.1) is 0 Å². The quantitative estimate of drug-likeness (QED) is 0.771. The lowest BCUT2D eigenvalue weighted by molar-refractivity contribution is 0.102. The number of amides is 2. The lowest BCUT2D eigenvalue weighted by Crippen LogP contribution is -2.23. The minimum atomic E-state index is -0.378. The highest BCUT2D eigenvalue weighted by atomic mass is 16.6. The van der Waals surface area contributed by atoms with Crippen molar-refractivity contribution in [3.63, 3.8) is 0 Å². The van der Waals surface area contributed by atoms with Crippen molar-refractivity contribution >= 4 is 34.4 Å². The van der Waals surface area contributed by atoms with Crippen LogP contribution in [0.25, 0.3) is 11.0 Å². The molecule has 0 spiro atoms. The highest BCUT2D eigenvalue weighted by Crippen LogP contribution is 2.23. The summed E-state index contributed by atoms with van der Waals surface area (Å²) >= 11 is 0. The van der Waals surface area contributed by atoms with E-state index in [1.165, 1.54) is 4.90 Å². The van der Waals surface area contributed by atoms with Gasteiger partial charge in [-0.05, 0) is 50.2 Å². The molecule has 0 bridgehead atoms. The Hall–Kier alpha value is -3.48. The number of cyclic esters (lactones) is 1. The van der Waals surface area contributed by atoms with E-state index in [0.29, 0.717) is 35.6 Å². The number of carbonyl (C=O) groups is 2. The van der Waals surface area contributed by atoms with Crippen LogP contribution in [-0.2, 0) is 4.74 Å². The van der Waals surface area contributed by atoms with Gasteiger partial charge in [0.05, 0.1) is 29.0 Å². The Morgan fingerprint density at radius 1 is 1.07 bits per heavy atom. The van der Waals surface area contributed by atoms with E-state index < -0.39 is 0 Å². The van der Waals surface area contributed by atoms with Gasteiger partial charge in [0, 0.05) is 16.9 Å². The van der Waals surface area contributed by atoms with Crippen molar-refractivity contribution in [2.45, 2.75) is 13.8 Å². The molecule has 0 unspecified atom stereocenters. The van der Waals surface area contributed by atoms with Gasteiger partial charge in [-0.1, -0.05) is 6.07 Å². The highest BCUT2D eigenvalue weighted by molar-refractivity contribution is 6.06. The summed E-state index contributed by atoms with van der Waals surface area (Å²) in [6, 6.07) is 12.4. The number of anilines is 2. The van der Waals surface area contributed by atoms with Crippen LogP contribution in [0.4, 0.5) is 16.2 Å². The molecule has 2 amide bonds. The Kier molecular flexibility index (Phi) is 4.19. The topological polar surface area (TPSA) is 84.4 Å². The molecular weight excluding hydrogens is 344 g/mol. The smallest absolute Gasteiger partial charge is 0.414 e. The molecule has 1 aromatic heterocycles. The number of fused-ring (bicyclic) bond motifs is 1. The van der Waals surface area contributed by atoms with E-state index in [-0.39, 0.29) is 12.0 Å². The van der Waals surface area contributed by atoms with Crippen molar-refractivity contribution in [2.75, 3.05) is 23.4 Å². The van der Waals surface area contributed by atoms with Gasteiger partial charge in [0.2, 0.25) is 0 Å². The Bertz CT molecular complexity index is 1060. The first-order valence-electron chi connectivity index (χ1n) is 8.62. The molecule has 0 radical (unpaired) electrons. The maximum absolute atomic E-state index is 12.6. The van der Waals surface area contributed by atoms with Gasteiger partial charge in [0.15, 0.2) is 0 Å². The predicted molar refractivity (Wildman–Crippen MR) is 102 cm³/mol. The second kappa shape index (κ2) is 6.68. The third kappa shape index (κ3) is 3.31. The zero-order valence-electron chi connectivity index (χ0n) is 15.0. The molecule has 0 aliphatic carbocycles. The number of hydrogen-bond donors (Lipinski definition) is 1. The second-order valence-electron chi connectivity index (χ2n) is 6.37. The summed E-state index contributed by atoms with van der Waals surface area (Å²) in [4.78, 5) is 34.9. The van der Waals surface area contributed by atoms with E-state index in [1.807, 2.05) is 13.8 Å². The summed E-state index contributed by atoms with van der Waals surface area (Å²) in [5.41, 5.74) is 4.92. The largest absolute Gasteiger partial charge is 0.447 e. The summed E-state index contributed by atoms with van der Waals surface area (Å²) in [5.74, 6) is -0.252. The van der Waals surface area contributed by atoms with Crippen LogP contribution in [0.3, 0.4) is 0 Å². The van der Waals surface area contributed by atoms with Crippen LogP contribution in [0.15, 0.2) is 42.5 Å². The fourth-order valence-electron chi connectivity index (χ4n) is 2.95. The Morgan fingerprint density at radius 2 is 1.85 bits per heavy atom. The predicted octanol–water partition coefficient (Wildman–Crippen LogP) is 3.46. The van der Waals surface area contributed by atoms with Crippen molar-refractivity contribution in [1.82, 2.24) is 9.97 Å². The number of carbonyl (C=O) groups excluding carboxylic acids is 2.